The quantitative estimate of drug-likeness (QED) is 0.0501. The van der Waals surface area contributed by atoms with Crippen LogP contribution in [-0.4, -0.2) is 61.3 Å². The standard InChI is InChI=1S/2C9H12O.C8H10O.C7H8O.3C6H6O2.2C6H6O.20C2H6/c1-6-4-7(2)9(10)8(3)5-6;1-6-4-5-7(2)9(10)8(6)3;1-6-3-4-7(2)8(9)5-6;1-6-4-2-3-5-7(6)8;7-5-1-2-6(8)4-3-5;2*7-5-3-1-2-4-6(5)8;2*7-6-4-2-1-3-5-6;20*1-2/h2*4-5,10H,1-3H3;3-5,9H,1-2H3;2-5,8H,1H3;3*1-4,7-8H;2*1-5,7H;20*1-2H3. The third-order valence-corrected chi connectivity index (χ3v) is 10.1. The molecule has 0 saturated heterocycles. The van der Waals surface area contributed by atoms with Gasteiger partial charge in [0.2, 0.25) is 0 Å². The van der Waals surface area contributed by atoms with Crippen molar-refractivity contribution in [3.05, 3.63) is 250 Å². The van der Waals surface area contributed by atoms with Gasteiger partial charge >= 0.3 is 0 Å². The minimum absolute atomic E-state index is 0.0764. The summed E-state index contributed by atoms with van der Waals surface area (Å²) in [7, 11) is 0. The highest BCUT2D eigenvalue weighted by molar-refractivity contribution is 5.44. The molecule has 0 aromatic heterocycles. The second-order valence-electron chi connectivity index (χ2n) is 16.7. The molecule has 0 heterocycles. The Morgan fingerprint density at radius 1 is 0.139 bits per heavy atom. The summed E-state index contributed by atoms with van der Waals surface area (Å²) in [5.41, 5.74) is 9.14. The lowest BCUT2D eigenvalue weighted by molar-refractivity contribution is 0.404. The normalized spacial score (nSPS) is 7.07. The topological polar surface area (TPSA) is 243 Å². The van der Waals surface area contributed by atoms with Crippen LogP contribution < -0.4 is 0 Å². The Kier molecular flexibility index (Phi) is 205. The molecular formula is C103H192O12. The molecule has 0 spiro atoms. The smallest absolute Gasteiger partial charge is 0.157 e. The van der Waals surface area contributed by atoms with Crippen molar-refractivity contribution in [2.24, 2.45) is 0 Å². The van der Waals surface area contributed by atoms with Crippen LogP contribution in [0.25, 0.3) is 0 Å². The van der Waals surface area contributed by atoms with E-state index in [0.29, 0.717) is 34.5 Å². The van der Waals surface area contributed by atoms with Gasteiger partial charge in [-0.1, -0.05) is 398 Å². The molecule has 0 aliphatic carbocycles. The van der Waals surface area contributed by atoms with E-state index in [-0.39, 0.29) is 34.5 Å². The number of aryl methyl sites for hydroxylation is 8. The van der Waals surface area contributed by atoms with E-state index in [4.69, 9.17) is 51.1 Å². The summed E-state index contributed by atoms with van der Waals surface area (Å²) in [5.74, 6) is 2.28. The molecule has 0 saturated carbocycles. The van der Waals surface area contributed by atoms with E-state index in [0.717, 1.165) is 44.5 Å². The Balaban J connectivity index is -0.0000000465. The Morgan fingerprint density at radius 2 is 0.339 bits per heavy atom. The van der Waals surface area contributed by atoms with Crippen molar-refractivity contribution in [1.82, 2.24) is 0 Å². The van der Waals surface area contributed by atoms with Gasteiger partial charge in [-0.3, -0.25) is 0 Å². The first-order valence-corrected chi connectivity index (χ1v) is 43.4. The second-order valence-corrected chi connectivity index (χ2v) is 16.7. The summed E-state index contributed by atoms with van der Waals surface area (Å²) >= 11 is 0. The summed E-state index contributed by atoms with van der Waals surface area (Å²) in [6.45, 7) is 97.4. The van der Waals surface area contributed by atoms with Gasteiger partial charge in [0.25, 0.3) is 0 Å². The largest absolute Gasteiger partial charge is 0.508 e. The van der Waals surface area contributed by atoms with E-state index < -0.39 is 0 Å². The number of benzene rings is 9. The molecule has 0 fully saturated rings. The zero-order valence-corrected chi connectivity index (χ0v) is 83.9. The average molecular weight is 1620 g/mol. The van der Waals surface area contributed by atoms with Crippen molar-refractivity contribution in [1.29, 1.82) is 0 Å². The number of aromatic hydroxyl groups is 12. The Morgan fingerprint density at radius 3 is 0.522 bits per heavy atom. The Bertz CT molecular complexity index is 2730. The fourth-order valence-corrected chi connectivity index (χ4v) is 5.63. The van der Waals surface area contributed by atoms with Crippen molar-refractivity contribution in [3.63, 3.8) is 0 Å². The lowest BCUT2D eigenvalue weighted by Gasteiger charge is -2.04. The van der Waals surface area contributed by atoms with Crippen LogP contribution >= 0.6 is 0 Å². The molecule has 12 heteroatoms. The number of hydrogen-bond donors (Lipinski definition) is 12. The molecule has 12 nitrogen and oxygen atoms in total. The second kappa shape index (κ2) is 150. The molecule has 0 radical (unpaired) electrons. The van der Waals surface area contributed by atoms with Crippen LogP contribution in [0.5, 0.6) is 69.0 Å². The fraction of sp³-hybridized carbons (Fsp3) is 0.476. The zero-order chi connectivity index (χ0) is 96.5. The number of phenols is 12. The van der Waals surface area contributed by atoms with Gasteiger partial charge in [0.05, 0.1) is 0 Å². The Labute approximate surface area is 715 Å². The molecule has 9 rings (SSSR count). The van der Waals surface area contributed by atoms with Gasteiger partial charge < -0.3 is 61.3 Å². The van der Waals surface area contributed by atoms with Crippen molar-refractivity contribution < 1.29 is 61.3 Å². The predicted molar refractivity (Wildman–Crippen MR) is 528 cm³/mol. The summed E-state index contributed by atoms with van der Waals surface area (Å²) in [6, 6.07) is 56.2. The van der Waals surface area contributed by atoms with Crippen LogP contribution in [0.2, 0.25) is 0 Å². The van der Waals surface area contributed by atoms with E-state index >= 15 is 0 Å². The molecule has 676 valence electrons. The van der Waals surface area contributed by atoms with Gasteiger partial charge in [0, 0.05) is 0 Å². The third kappa shape index (κ3) is 120. The molecule has 0 aliphatic rings. The molecular weight excluding hydrogens is 1430 g/mol. The fourth-order valence-electron chi connectivity index (χ4n) is 5.63. The van der Waals surface area contributed by atoms with E-state index in [1.807, 2.05) is 406 Å². The first kappa shape index (κ1) is 158. The summed E-state index contributed by atoms with van der Waals surface area (Å²) in [4.78, 5) is 0. The highest BCUT2D eigenvalue weighted by Crippen LogP contribution is 2.25. The molecule has 12 N–H and O–H groups in total. The van der Waals surface area contributed by atoms with Gasteiger partial charge in [0.15, 0.2) is 23.0 Å². The monoisotopic (exact) mass is 1620 g/mol. The maximum atomic E-state index is 9.39. The van der Waals surface area contributed by atoms with Gasteiger partial charge in [-0.15, -0.1) is 0 Å². The highest BCUT2D eigenvalue weighted by atomic mass is 16.3. The highest BCUT2D eigenvalue weighted by Gasteiger charge is 2.01. The van der Waals surface area contributed by atoms with Crippen molar-refractivity contribution in [2.45, 2.75) is 339 Å². The third-order valence-electron chi connectivity index (χ3n) is 10.1. The van der Waals surface area contributed by atoms with Gasteiger partial charge in [-0.2, -0.15) is 0 Å². The van der Waals surface area contributed by atoms with E-state index in [1.54, 1.807) is 84.9 Å². The van der Waals surface area contributed by atoms with Crippen LogP contribution in [0.4, 0.5) is 0 Å². The molecule has 9 aromatic carbocycles. The predicted octanol–water partition coefficient (Wildman–Crippen LogP) is 34.9. The van der Waals surface area contributed by atoms with Crippen molar-refractivity contribution in [2.75, 3.05) is 0 Å². The zero-order valence-electron chi connectivity index (χ0n) is 83.9. The van der Waals surface area contributed by atoms with Crippen LogP contribution in [0.1, 0.15) is 327 Å². The number of phenolic OH excluding ortho intramolecular Hbond substituents is 12. The molecule has 0 bridgehead atoms. The van der Waals surface area contributed by atoms with Crippen LogP contribution in [-0.2, 0) is 0 Å². The lowest BCUT2D eigenvalue weighted by atomic mass is 10.1. The van der Waals surface area contributed by atoms with Gasteiger partial charge in [-0.05, 0) is 192 Å². The van der Waals surface area contributed by atoms with Crippen LogP contribution in [0.15, 0.2) is 200 Å². The van der Waals surface area contributed by atoms with Gasteiger partial charge in [0.1, 0.15) is 46.0 Å². The number of para-hydroxylation sites is 7. The summed E-state index contributed by atoms with van der Waals surface area (Å²) in [6.07, 6.45) is 0. The van der Waals surface area contributed by atoms with E-state index in [2.05, 4.69) is 0 Å². The van der Waals surface area contributed by atoms with Crippen molar-refractivity contribution in [3.8, 4) is 69.0 Å². The lowest BCUT2D eigenvalue weighted by Crippen LogP contribution is -1.83. The summed E-state index contributed by atoms with van der Waals surface area (Å²) < 4.78 is 0. The minimum Gasteiger partial charge on any atom is -0.508 e. The molecule has 0 atom stereocenters. The Hall–Kier alpha value is -9.42. The SMILES string of the molecule is CC.CC.CC.CC.CC.CC.CC.CC.CC.CC.CC.CC.CC.CC.CC.CC.CC.CC.CC.CC.Cc1cc(C)c(O)c(C)c1.Cc1ccc(C)c(O)c1.Cc1ccc(C)c(O)c1C.Cc1ccccc1O.Oc1ccc(O)cc1.Oc1ccccc1.Oc1ccccc1.Oc1ccccc1O.Oc1ccccc1O. The van der Waals surface area contributed by atoms with E-state index in [9.17, 15) is 10.2 Å². The first-order valence-electron chi connectivity index (χ1n) is 43.4. The molecule has 0 aliphatic heterocycles. The molecule has 0 amide bonds. The van der Waals surface area contributed by atoms with Crippen LogP contribution in [0.3, 0.4) is 0 Å². The van der Waals surface area contributed by atoms with Crippen LogP contribution in [0, 0.1) is 62.3 Å². The molecule has 0 unspecified atom stereocenters. The minimum atomic E-state index is -0.0764. The van der Waals surface area contributed by atoms with Crippen molar-refractivity contribution >= 4 is 0 Å². The maximum Gasteiger partial charge on any atom is 0.157 e. The summed E-state index contributed by atoms with van der Waals surface area (Å²) in [5, 5.41) is 106. The van der Waals surface area contributed by atoms with Gasteiger partial charge in [-0.25, -0.2) is 0 Å². The maximum absolute atomic E-state index is 9.39. The average Bonchev–Trinajstić information content (AvgIpc) is 0.871. The number of hydrogen-bond acceptors (Lipinski definition) is 12. The first-order chi connectivity index (χ1) is 55.4. The van der Waals surface area contributed by atoms with E-state index in [1.165, 1.54) is 54.1 Å². The number of rotatable bonds is 0. The molecule has 115 heavy (non-hydrogen) atoms. The molecule has 9 aromatic rings.